The molecule has 3 aromatic rings. The molecule has 0 saturated carbocycles. The second kappa shape index (κ2) is 8.01. The lowest BCUT2D eigenvalue weighted by Gasteiger charge is -2.27. The summed E-state index contributed by atoms with van der Waals surface area (Å²) in [5, 5.41) is 5.73. The van der Waals surface area contributed by atoms with Gasteiger partial charge in [-0.05, 0) is 42.3 Å². The minimum Gasteiger partial charge on any atom is -0.297 e. The summed E-state index contributed by atoms with van der Waals surface area (Å²) in [5.74, 6) is 0. The third-order valence-corrected chi connectivity index (χ3v) is 7.34. The van der Waals surface area contributed by atoms with Crippen LogP contribution in [0.4, 0.5) is 0 Å². The summed E-state index contributed by atoms with van der Waals surface area (Å²) in [7, 11) is -2.99. The molecule has 4 heteroatoms. The number of hydrogen-bond donors (Lipinski definition) is 1. The molecule has 0 unspecified atom stereocenters. The van der Waals surface area contributed by atoms with Crippen molar-refractivity contribution >= 4 is 29.5 Å². The fraction of sp³-hybridized carbons (Fsp3) is 0.143. The van der Waals surface area contributed by atoms with Crippen LogP contribution in [0, 0.1) is 0 Å². The number of benzene rings is 3. The van der Waals surface area contributed by atoms with Crippen LogP contribution in [0.3, 0.4) is 0 Å². The predicted octanol–water partition coefficient (Wildman–Crippen LogP) is 5.31. The normalized spacial score (nSPS) is 12.7. The van der Waals surface area contributed by atoms with Crippen molar-refractivity contribution in [3.05, 3.63) is 95.5 Å². The summed E-state index contributed by atoms with van der Waals surface area (Å²) >= 11 is 6.39. The quantitative estimate of drug-likeness (QED) is 0.596. The van der Waals surface area contributed by atoms with Gasteiger partial charge in [0.15, 0.2) is 0 Å². The highest BCUT2D eigenvalue weighted by Crippen LogP contribution is 2.43. The first-order valence-electron chi connectivity index (χ1n) is 8.38. The molecule has 0 spiro atoms. The van der Waals surface area contributed by atoms with Crippen molar-refractivity contribution < 1.29 is 4.57 Å². The van der Waals surface area contributed by atoms with Gasteiger partial charge in [-0.25, -0.2) is 0 Å². The summed E-state index contributed by atoms with van der Waals surface area (Å²) < 4.78 is 14.1. The first kappa shape index (κ1) is 17.9. The first-order valence-corrected chi connectivity index (χ1v) is 10.5. The van der Waals surface area contributed by atoms with Crippen LogP contribution in [-0.2, 0) is 4.57 Å². The molecule has 25 heavy (non-hydrogen) atoms. The van der Waals surface area contributed by atoms with Crippen LogP contribution in [-0.4, -0.2) is 0 Å². The molecule has 0 heterocycles. The third-order valence-electron chi connectivity index (χ3n) is 4.27. The molecular weight excluding hydrogens is 349 g/mol. The van der Waals surface area contributed by atoms with Crippen LogP contribution in [0.2, 0.25) is 5.02 Å². The molecule has 128 valence electrons. The fourth-order valence-electron chi connectivity index (χ4n) is 2.93. The van der Waals surface area contributed by atoms with E-state index in [-0.39, 0.29) is 6.04 Å². The molecule has 2 nitrogen and oxygen atoms in total. The lowest BCUT2D eigenvalue weighted by molar-refractivity contribution is 0.555. The highest BCUT2D eigenvalue weighted by Gasteiger charge is 2.30. The van der Waals surface area contributed by atoms with Gasteiger partial charge in [0, 0.05) is 21.7 Å². The minimum atomic E-state index is -2.99. The highest BCUT2D eigenvalue weighted by molar-refractivity contribution is 7.76. The van der Waals surface area contributed by atoms with Crippen molar-refractivity contribution in [3.8, 4) is 0 Å². The molecule has 0 bridgehead atoms. The summed E-state index contributed by atoms with van der Waals surface area (Å²) in [6.45, 7) is 2.07. The lowest BCUT2D eigenvalue weighted by atomic mass is 10.1. The van der Waals surface area contributed by atoms with Gasteiger partial charge in [-0.3, -0.25) is 9.65 Å². The van der Waals surface area contributed by atoms with Crippen LogP contribution in [0.1, 0.15) is 24.9 Å². The monoisotopic (exact) mass is 369 g/mol. The number of rotatable bonds is 6. The molecule has 0 saturated heterocycles. The molecule has 3 aromatic carbocycles. The number of hydrogen-bond acceptors (Lipinski definition) is 1. The zero-order chi connectivity index (χ0) is 17.7. The number of halogens is 1. The van der Waals surface area contributed by atoms with Gasteiger partial charge in [-0.15, -0.1) is 0 Å². The van der Waals surface area contributed by atoms with Crippen molar-refractivity contribution in [1.29, 1.82) is 0 Å². The van der Waals surface area contributed by atoms with Gasteiger partial charge in [0.05, 0.1) is 0 Å². The van der Waals surface area contributed by atoms with Gasteiger partial charge in [-0.1, -0.05) is 73.1 Å². The predicted molar refractivity (Wildman–Crippen MR) is 107 cm³/mol. The molecule has 0 aliphatic rings. The van der Waals surface area contributed by atoms with Crippen molar-refractivity contribution in [3.63, 3.8) is 0 Å². The Morgan fingerprint density at radius 1 is 0.840 bits per heavy atom. The van der Waals surface area contributed by atoms with E-state index in [2.05, 4.69) is 12.0 Å². The Hall–Kier alpha value is -1.86. The van der Waals surface area contributed by atoms with Crippen LogP contribution < -0.4 is 15.7 Å². The summed E-state index contributed by atoms with van der Waals surface area (Å²) in [4.78, 5) is 0. The van der Waals surface area contributed by atoms with Crippen LogP contribution in [0.25, 0.3) is 0 Å². The van der Waals surface area contributed by atoms with E-state index >= 15 is 0 Å². The van der Waals surface area contributed by atoms with Crippen LogP contribution >= 0.6 is 18.9 Å². The van der Waals surface area contributed by atoms with Crippen molar-refractivity contribution in [2.75, 3.05) is 0 Å². The summed E-state index contributed by atoms with van der Waals surface area (Å²) in [5.41, 5.74) is 0.971. The first-order chi connectivity index (χ1) is 12.1. The van der Waals surface area contributed by atoms with Gasteiger partial charge in [0.1, 0.15) is 0 Å². The Bertz CT molecular complexity index is 824. The Kier molecular flexibility index (Phi) is 5.75. The van der Waals surface area contributed by atoms with E-state index in [1.54, 1.807) is 0 Å². The van der Waals surface area contributed by atoms with E-state index in [0.29, 0.717) is 5.02 Å². The average Bonchev–Trinajstić information content (AvgIpc) is 2.68. The smallest absolute Gasteiger partial charge is 0.205 e. The zero-order valence-corrected chi connectivity index (χ0v) is 15.8. The third kappa shape index (κ3) is 3.88. The van der Waals surface area contributed by atoms with E-state index in [0.717, 1.165) is 22.6 Å². The largest absolute Gasteiger partial charge is 0.297 e. The Morgan fingerprint density at radius 2 is 1.32 bits per heavy atom. The minimum absolute atomic E-state index is 0.0973. The zero-order valence-electron chi connectivity index (χ0n) is 14.1. The standard InChI is InChI=1S/C21H21ClNOP/c1-2-21(19-15-9-10-16-20(19)22)23-25(24,17-11-5-3-6-12-17)18-13-7-4-8-14-18/h3-16,21H,2H2,1H3,(H,23,24)/t21-/m0/s1. The topological polar surface area (TPSA) is 29.1 Å². The Balaban J connectivity index is 2.07. The highest BCUT2D eigenvalue weighted by atomic mass is 35.5. The molecule has 1 N–H and O–H groups in total. The molecular formula is C21H21ClNOP. The molecule has 0 radical (unpaired) electrons. The van der Waals surface area contributed by atoms with Gasteiger partial charge < -0.3 is 0 Å². The van der Waals surface area contributed by atoms with Gasteiger partial charge in [0.25, 0.3) is 0 Å². The van der Waals surface area contributed by atoms with E-state index < -0.39 is 7.29 Å². The number of nitrogens with one attached hydrogen (secondary N) is 1. The molecule has 3 rings (SSSR count). The molecule has 0 aliphatic heterocycles. The maximum Gasteiger partial charge on any atom is 0.205 e. The molecule has 0 fully saturated rings. The van der Waals surface area contributed by atoms with Gasteiger partial charge in [0.2, 0.25) is 7.29 Å². The van der Waals surface area contributed by atoms with Crippen molar-refractivity contribution in [2.45, 2.75) is 19.4 Å². The lowest BCUT2D eigenvalue weighted by Crippen LogP contribution is -2.30. The Morgan fingerprint density at radius 3 is 1.80 bits per heavy atom. The summed E-state index contributed by atoms with van der Waals surface area (Å²) in [6.07, 6.45) is 0.785. The van der Waals surface area contributed by atoms with Gasteiger partial charge in [-0.2, -0.15) is 0 Å². The van der Waals surface area contributed by atoms with E-state index in [9.17, 15) is 4.57 Å². The van der Waals surface area contributed by atoms with Crippen LogP contribution in [0.15, 0.2) is 84.9 Å². The maximum absolute atomic E-state index is 14.1. The van der Waals surface area contributed by atoms with E-state index in [4.69, 9.17) is 11.6 Å². The van der Waals surface area contributed by atoms with Gasteiger partial charge >= 0.3 is 0 Å². The molecule has 0 amide bonds. The molecule has 0 aliphatic carbocycles. The second-order valence-corrected chi connectivity index (χ2v) is 8.81. The van der Waals surface area contributed by atoms with Crippen molar-refractivity contribution in [1.82, 2.24) is 5.09 Å². The second-order valence-electron chi connectivity index (χ2n) is 5.89. The molecule has 0 aromatic heterocycles. The molecule has 1 atom stereocenters. The van der Waals surface area contributed by atoms with Crippen LogP contribution in [0.5, 0.6) is 0 Å². The van der Waals surface area contributed by atoms with E-state index in [1.165, 1.54) is 0 Å². The Labute approximate surface area is 154 Å². The van der Waals surface area contributed by atoms with E-state index in [1.807, 2.05) is 84.9 Å². The maximum atomic E-state index is 14.1. The SMILES string of the molecule is CC[C@H](NP(=O)(c1ccccc1)c1ccccc1)c1ccccc1Cl. The fourth-order valence-corrected chi connectivity index (χ4v) is 5.74. The summed E-state index contributed by atoms with van der Waals surface area (Å²) in [6, 6.07) is 26.8. The van der Waals surface area contributed by atoms with Crippen molar-refractivity contribution in [2.24, 2.45) is 0 Å². The average molecular weight is 370 g/mol.